The third-order valence-corrected chi connectivity index (χ3v) is 5.55. The molecule has 4 heterocycles. The minimum atomic E-state index is 0.112. The van der Waals surface area contributed by atoms with Crippen LogP contribution in [0.4, 0.5) is 17.5 Å². The van der Waals surface area contributed by atoms with E-state index in [2.05, 4.69) is 48.4 Å². The normalized spacial score (nSPS) is 13.4. The third-order valence-electron chi connectivity index (χ3n) is 5.55. The van der Waals surface area contributed by atoms with Crippen molar-refractivity contribution in [1.82, 2.24) is 24.7 Å². The Hall–Kier alpha value is -3.75. The van der Waals surface area contributed by atoms with E-state index in [0.29, 0.717) is 30.7 Å². The summed E-state index contributed by atoms with van der Waals surface area (Å²) < 4.78 is 13.9. The topological polar surface area (TPSA) is 102 Å². The number of fused-ring (bicyclic) bond motifs is 2. The van der Waals surface area contributed by atoms with Crippen LogP contribution >= 0.6 is 0 Å². The second-order valence-electron chi connectivity index (χ2n) is 9.49. The fourth-order valence-corrected chi connectivity index (χ4v) is 3.92. The first-order chi connectivity index (χ1) is 15.8. The van der Waals surface area contributed by atoms with Crippen LogP contribution in [0.15, 0.2) is 30.6 Å². The highest BCUT2D eigenvalue weighted by molar-refractivity contribution is 5.92. The number of aromatic amines is 1. The fraction of sp³-hybridized carbons (Fsp3) is 0.375. The van der Waals surface area contributed by atoms with Crippen LogP contribution in [-0.4, -0.2) is 44.5 Å². The minimum Gasteiger partial charge on any atom is -0.485 e. The average Bonchev–Trinajstić information content (AvgIpc) is 3.37. The molecule has 0 fully saturated rings. The highest BCUT2D eigenvalue weighted by atomic mass is 16.6. The van der Waals surface area contributed by atoms with Gasteiger partial charge >= 0.3 is 0 Å². The Morgan fingerprint density at radius 1 is 1.09 bits per heavy atom. The molecule has 33 heavy (non-hydrogen) atoms. The molecule has 4 aromatic rings. The molecule has 9 heteroatoms. The van der Waals surface area contributed by atoms with Gasteiger partial charge in [0.15, 0.2) is 11.5 Å². The lowest BCUT2D eigenvalue weighted by atomic mass is 9.97. The molecule has 0 aliphatic carbocycles. The van der Waals surface area contributed by atoms with Gasteiger partial charge in [0.05, 0.1) is 16.8 Å². The predicted octanol–water partition coefficient (Wildman–Crippen LogP) is 4.64. The number of benzene rings is 1. The van der Waals surface area contributed by atoms with Crippen molar-refractivity contribution in [1.29, 1.82) is 0 Å². The molecule has 3 N–H and O–H groups in total. The number of hydrogen-bond acceptors (Lipinski definition) is 7. The highest BCUT2D eigenvalue weighted by Gasteiger charge is 2.23. The molecule has 9 nitrogen and oxygen atoms in total. The molecule has 0 radical (unpaired) electrons. The fourth-order valence-electron chi connectivity index (χ4n) is 3.92. The molecule has 0 saturated heterocycles. The smallest absolute Gasteiger partial charge is 0.231 e. The Balaban J connectivity index is 1.54. The lowest BCUT2D eigenvalue weighted by molar-refractivity contribution is 0.173. The van der Waals surface area contributed by atoms with Gasteiger partial charge in [-0.3, -0.25) is 4.68 Å². The van der Waals surface area contributed by atoms with E-state index in [1.54, 1.807) is 6.20 Å². The summed E-state index contributed by atoms with van der Waals surface area (Å²) in [6.45, 7) is 10.4. The van der Waals surface area contributed by atoms with Crippen LogP contribution in [0.1, 0.15) is 26.3 Å². The largest absolute Gasteiger partial charge is 0.485 e. The number of nitrogens with one attached hydrogen (secondary N) is 3. The second kappa shape index (κ2) is 7.99. The molecule has 1 aromatic carbocycles. The first-order valence-electron chi connectivity index (χ1n) is 11.1. The summed E-state index contributed by atoms with van der Waals surface area (Å²) in [5.74, 6) is 2.62. The molecule has 5 rings (SSSR count). The quantitative estimate of drug-likeness (QED) is 0.410. The Kier molecular flexibility index (Phi) is 5.11. The lowest BCUT2D eigenvalue weighted by Crippen LogP contribution is -2.20. The van der Waals surface area contributed by atoms with E-state index in [1.165, 1.54) is 0 Å². The highest BCUT2D eigenvalue weighted by Crippen LogP contribution is 2.45. The number of rotatable bonds is 5. The molecule has 0 spiro atoms. The van der Waals surface area contributed by atoms with E-state index in [-0.39, 0.29) is 5.41 Å². The van der Waals surface area contributed by atoms with Crippen molar-refractivity contribution in [2.45, 2.75) is 27.7 Å². The average molecular weight is 448 g/mol. The van der Waals surface area contributed by atoms with Gasteiger partial charge in [-0.1, -0.05) is 20.8 Å². The summed E-state index contributed by atoms with van der Waals surface area (Å²) in [7, 11) is 1.91. The maximum absolute atomic E-state index is 6.02. The number of aryl methyl sites for hydroxylation is 2. The molecule has 0 unspecified atom stereocenters. The van der Waals surface area contributed by atoms with Crippen LogP contribution in [0.25, 0.3) is 22.3 Å². The number of ether oxygens (including phenoxy) is 2. The number of H-pyrrole nitrogens is 1. The monoisotopic (exact) mass is 447 g/mol. The maximum atomic E-state index is 6.02. The standard InChI is InChI=1S/C24H29N7O2/c1-14-12-25-21-18(14)22(26-13-24(2,3)4)30-23(29-21)28-16-7-6-15(17-8-9-27-31(17)5)19-20(16)33-11-10-32-19/h6-9,12H,10-11,13H2,1-5H3,(H3,25,26,28,29,30). The predicted molar refractivity (Wildman–Crippen MR) is 129 cm³/mol. The van der Waals surface area contributed by atoms with Crippen LogP contribution in [0.2, 0.25) is 0 Å². The van der Waals surface area contributed by atoms with Crippen molar-refractivity contribution < 1.29 is 9.47 Å². The Morgan fingerprint density at radius 3 is 2.61 bits per heavy atom. The molecule has 3 aromatic heterocycles. The van der Waals surface area contributed by atoms with Gasteiger partial charge in [0.1, 0.15) is 24.7 Å². The summed E-state index contributed by atoms with van der Waals surface area (Å²) in [6, 6.07) is 5.92. The molecule has 0 saturated carbocycles. The zero-order valence-corrected chi connectivity index (χ0v) is 19.6. The molecular formula is C24H29N7O2. The summed E-state index contributed by atoms with van der Waals surface area (Å²) in [5, 5.41) is 12.1. The number of aromatic nitrogens is 5. The van der Waals surface area contributed by atoms with Crippen LogP contribution in [-0.2, 0) is 7.05 Å². The molecule has 0 bridgehead atoms. The summed E-state index contributed by atoms with van der Waals surface area (Å²) in [4.78, 5) is 12.8. The molecule has 1 aliphatic heterocycles. The van der Waals surface area contributed by atoms with E-state index >= 15 is 0 Å². The number of hydrogen-bond donors (Lipinski definition) is 3. The van der Waals surface area contributed by atoms with Crippen LogP contribution in [0.5, 0.6) is 11.5 Å². The number of nitrogens with zero attached hydrogens (tertiary/aromatic N) is 4. The minimum absolute atomic E-state index is 0.112. The first kappa shape index (κ1) is 21.1. The van der Waals surface area contributed by atoms with Crippen LogP contribution < -0.4 is 20.1 Å². The zero-order chi connectivity index (χ0) is 23.2. The maximum Gasteiger partial charge on any atom is 0.231 e. The van der Waals surface area contributed by atoms with E-state index < -0.39 is 0 Å². The van der Waals surface area contributed by atoms with E-state index in [9.17, 15) is 0 Å². The molecular weight excluding hydrogens is 418 g/mol. The van der Waals surface area contributed by atoms with Crippen molar-refractivity contribution in [3.63, 3.8) is 0 Å². The molecule has 172 valence electrons. The van der Waals surface area contributed by atoms with Gasteiger partial charge in [0.25, 0.3) is 0 Å². The first-order valence-corrected chi connectivity index (χ1v) is 11.1. The van der Waals surface area contributed by atoms with Gasteiger partial charge in [-0.2, -0.15) is 15.1 Å². The number of anilines is 3. The van der Waals surface area contributed by atoms with Crippen molar-refractivity contribution in [2.75, 3.05) is 30.4 Å². The van der Waals surface area contributed by atoms with Crippen LogP contribution in [0.3, 0.4) is 0 Å². The van der Waals surface area contributed by atoms with Crippen molar-refractivity contribution >= 4 is 28.5 Å². The SMILES string of the molecule is Cc1c[nH]c2nc(Nc3ccc(-c4ccnn4C)c4c3OCCO4)nc(NCC(C)(C)C)c12. The second-order valence-corrected chi connectivity index (χ2v) is 9.49. The zero-order valence-electron chi connectivity index (χ0n) is 19.6. The van der Waals surface area contributed by atoms with Crippen molar-refractivity contribution in [2.24, 2.45) is 12.5 Å². The third kappa shape index (κ3) is 4.06. The van der Waals surface area contributed by atoms with Crippen molar-refractivity contribution in [3.8, 4) is 22.8 Å². The molecule has 0 atom stereocenters. The van der Waals surface area contributed by atoms with Gasteiger partial charge in [-0.15, -0.1) is 0 Å². The van der Waals surface area contributed by atoms with E-state index in [0.717, 1.165) is 45.9 Å². The van der Waals surface area contributed by atoms with Gasteiger partial charge in [-0.25, -0.2) is 0 Å². The van der Waals surface area contributed by atoms with Gasteiger partial charge in [0.2, 0.25) is 5.95 Å². The Bertz CT molecular complexity index is 1320. The van der Waals surface area contributed by atoms with E-state index in [4.69, 9.17) is 19.4 Å². The Morgan fingerprint density at radius 2 is 1.88 bits per heavy atom. The molecule has 1 aliphatic rings. The van der Waals surface area contributed by atoms with Gasteiger partial charge in [0, 0.05) is 31.5 Å². The Labute approximate surface area is 192 Å². The van der Waals surface area contributed by atoms with Gasteiger partial charge in [-0.05, 0) is 36.1 Å². The summed E-state index contributed by atoms with van der Waals surface area (Å²) >= 11 is 0. The van der Waals surface area contributed by atoms with Gasteiger partial charge < -0.3 is 25.1 Å². The van der Waals surface area contributed by atoms with E-state index in [1.807, 2.05) is 36.1 Å². The van der Waals surface area contributed by atoms with Crippen LogP contribution in [0, 0.1) is 12.3 Å². The molecule has 0 amide bonds. The van der Waals surface area contributed by atoms with Crippen molar-refractivity contribution in [3.05, 3.63) is 36.2 Å². The lowest BCUT2D eigenvalue weighted by Gasteiger charge is -2.24. The summed E-state index contributed by atoms with van der Waals surface area (Å²) in [5.41, 5.74) is 4.62. The summed E-state index contributed by atoms with van der Waals surface area (Å²) in [6.07, 6.45) is 3.72.